The molecule has 0 spiro atoms. The van der Waals surface area contributed by atoms with Crippen LogP contribution in [0.25, 0.3) is 0 Å². The van der Waals surface area contributed by atoms with Crippen molar-refractivity contribution in [3.05, 3.63) is 0 Å². The fraction of sp³-hybridized carbons (Fsp3) is 0.941. The predicted octanol–water partition coefficient (Wildman–Crippen LogP) is 3.43. The van der Waals surface area contributed by atoms with Crippen LogP contribution in [0.2, 0.25) is 0 Å². The lowest BCUT2D eigenvalue weighted by Gasteiger charge is -2.41. The summed E-state index contributed by atoms with van der Waals surface area (Å²) >= 11 is 0. The number of amides is 1. The van der Waals surface area contributed by atoms with Crippen molar-refractivity contribution in [3.8, 4) is 0 Å². The summed E-state index contributed by atoms with van der Waals surface area (Å²) < 4.78 is 0. The topological polar surface area (TPSA) is 46.3 Å². The van der Waals surface area contributed by atoms with Gasteiger partial charge in [0, 0.05) is 19.5 Å². The van der Waals surface area contributed by atoms with Crippen LogP contribution in [0.4, 0.5) is 0 Å². The van der Waals surface area contributed by atoms with Gasteiger partial charge < -0.3 is 10.6 Å². The zero-order valence-electron chi connectivity index (χ0n) is 14.0. The standard InChI is InChI=1S/C17H34N2O/c1-5-17(6-2)7-9-19(10-8-17)16(20)12-15(13-18)11-14(3)4/h14-15H,5-13,18H2,1-4H3/t15-/m0/s1. The highest BCUT2D eigenvalue weighted by Crippen LogP contribution is 2.38. The number of nitrogens with zero attached hydrogens (tertiary/aromatic N) is 1. The lowest BCUT2D eigenvalue weighted by atomic mass is 9.74. The molecular weight excluding hydrogens is 248 g/mol. The van der Waals surface area contributed by atoms with E-state index in [4.69, 9.17) is 5.73 Å². The molecule has 0 aromatic heterocycles. The molecule has 0 radical (unpaired) electrons. The highest BCUT2D eigenvalue weighted by Gasteiger charge is 2.33. The first-order valence-electron chi connectivity index (χ1n) is 8.44. The summed E-state index contributed by atoms with van der Waals surface area (Å²) in [7, 11) is 0. The van der Waals surface area contributed by atoms with Gasteiger partial charge in [0.1, 0.15) is 0 Å². The molecule has 3 nitrogen and oxygen atoms in total. The number of nitrogens with two attached hydrogens (primary N) is 1. The van der Waals surface area contributed by atoms with Crippen LogP contribution in [0.15, 0.2) is 0 Å². The minimum absolute atomic E-state index is 0.321. The van der Waals surface area contributed by atoms with E-state index in [2.05, 4.69) is 32.6 Å². The number of rotatable bonds is 7. The third-order valence-corrected chi connectivity index (χ3v) is 5.28. The highest BCUT2D eigenvalue weighted by molar-refractivity contribution is 5.76. The van der Waals surface area contributed by atoms with Gasteiger partial charge in [-0.05, 0) is 43.1 Å². The Morgan fingerprint density at radius 3 is 2.15 bits per heavy atom. The molecule has 0 aromatic rings. The third kappa shape index (κ3) is 4.76. The quantitative estimate of drug-likeness (QED) is 0.777. The molecule has 2 N–H and O–H groups in total. The lowest BCUT2D eigenvalue weighted by molar-refractivity contribution is -0.134. The molecule has 1 aliphatic heterocycles. The first kappa shape index (κ1) is 17.5. The van der Waals surface area contributed by atoms with Gasteiger partial charge in [0.2, 0.25) is 5.91 Å². The third-order valence-electron chi connectivity index (χ3n) is 5.28. The van der Waals surface area contributed by atoms with E-state index in [0.29, 0.717) is 36.1 Å². The van der Waals surface area contributed by atoms with Crippen molar-refractivity contribution in [2.24, 2.45) is 23.0 Å². The smallest absolute Gasteiger partial charge is 0.222 e. The number of hydrogen-bond donors (Lipinski definition) is 1. The summed E-state index contributed by atoms with van der Waals surface area (Å²) in [5, 5.41) is 0. The first-order valence-corrected chi connectivity index (χ1v) is 8.44. The second-order valence-corrected chi connectivity index (χ2v) is 7.02. The van der Waals surface area contributed by atoms with Crippen molar-refractivity contribution in [1.82, 2.24) is 4.90 Å². The largest absolute Gasteiger partial charge is 0.343 e. The summed E-state index contributed by atoms with van der Waals surface area (Å²) in [4.78, 5) is 14.5. The lowest BCUT2D eigenvalue weighted by Crippen LogP contribution is -2.43. The van der Waals surface area contributed by atoms with E-state index in [9.17, 15) is 4.79 Å². The maximum atomic E-state index is 12.4. The van der Waals surface area contributed by atoms with Crippen LogP contribution in [0.1, 0.15) is 66.2 Å². The number of piperidine rings is 1. The zero-order chi connectivity index (χ0) is 15.2. The van der Waals surface area contributed by atoms with Crippen molar-refractivity contribution < 1.29 is 4.79 Å². The van der Waals surface area contributed by atoms with Gasteiger partial charge in [0.05, 0.1) is 0 Å². The normalized spacial score (nSPS) is 20.2. The molecule has 3 heteroatoms. The predicted molar refractivity (Wildman–Crippen MR) is 85.4 cm³/mol. The SMILES string of the molecule is CCC1(CC)CCN(C(=O)C[C@@H](CN)CC(C)C)CC1. The van der Waals surface area contributed by atoms with Crippen molar-refractivity contribution in [2.75, 3.05) is 19.6 Å². The van der Waals surface area contributed by atoms with Crippen LogP contribution in [-0.2, 0) is 4.79 Å². The van der Waals surface area contributed by atoms with Crippen LogP contribution >= 0.6 is 0 Å². The number of hydrogen-bond acceptors (Lipinski definition) is 2. The van der Waals surface area contributed by atoms with Crippen LogP contribution in [-0.4, -0.2) is 30.4 Å². The maximum Gasteiger partial charge on any atom is 0.222 e. The van der Waals surface area contributed by atoms with Crippen molar-refractivity contribution in [1.29, 1.82) is 0 Å². The van der Waals surface area contributed by atoms with Crippen LogP contribution in [0, 0.1) is 17.3 Å². The highest BCUT2D eigenvalue weighted by atomic mass is 16.2. The Labute approximate surface area is 125 Å². The van der Waals surface area contributed by atoms with Crippen LogP contribution in [0.3, 0.4) is 0 Å². The van der Waals surface area contributed by atoms with Gasteiger partial charge in [0.25, 0.3) is 0 Å². The van der Waals surface area contributed by atoms with E-state index in [1.807, 2.05) is 0 Å². The Morgan fingerprint density at radius 2 is 1.75 bits per heavy atom. The Kier molecular flexibility index (Phi) is 7.01. The Morgan fingerprint density at radius 1 is 1.20 bits per heavy atom. The molecule has 0 saturated carbocycles. The summed E-state index contributed by atoms with van der Waals surface area (Å²) in [5.74, 6) is 1.29. The van der Waals surface area contributed by atoms with Gasteiger partial charge in [0.15, 0.2) is 0 Å². The Bertz CT molecular complexity index is 287. The number of carbonyl (C=O) groups is 1. The second kappa shape index (κ2) is 8.02. The van der Waals surface area contributed by atoms with E-state index in [1.54, 1.807) is 0 Å². The molecule has 20 heavy (non-hydrogen) atoms. The van der Waals surface area contributed by atoms with Crippen molar-refractivity contribution in [3.63, 3.8) is 0 Å². The Hall–Kier alpha value is -0.570. The Balaban J connectivity index is 2.46. The fourth-order valence-corrected chi connectivity index (χ4v) is 3.49. The fourth-order valence-electron chi connectivity index (χ4n) is 3.49. The summed E-state index contributed by atoms with van der Waals surface area (Å²) in [6.07, 6.45) is 6.52. The first-order chi connectivity index (χ1) is 9.46. The molecule has 1 aliphatic rings. The van der Waals surface area contributed by atoms with E-state index in [0.717, 1.165) is 19.5 Å². The minimum Gasteiger partial charge on any atom is -0.343 e. The van der Waals surface area contributed by atoms with Gasteiger partial charge in [-0.1, -0.05) is 40.5 Å². The van der Waals surface area contributed by atoms with Gasteiger partial charge in [-0.3, -0.25) is 4.79 Å². The molecule has 118 valence electrons. The average molecular weight is 282 g/mol. The van der Waals surface area contributed by atoms with E-state index in [1.165, 1.54) is 25.7 Å². The molecule has 1 rings (SSSR count). The molecule has 0 bridgehead atoms. The van der Waals surface area contributed by atoms with Crippen LogP contribution in [0.5, 0.6) is 0 Å². The number of likely N-dealkylation sites (tertiary alicyclic amines) is 1. The van der Waals surface area contributed by atoms with Gasteiger partial charge in [-0.15, -0.1) is 0 Å². The van der Waals surface area contributed by atoms with Crippen LogP contribution < -0.4 is 5.73 Å². The molecule has 1 heterocycles. The molecular formula is C17H34N2O. The number of carbonyl (C=O) groups excluding carboxylic acids is 1. The van der Waals surface area contributed by atoms with Crippen molar-refractivity contribution >= 4 is 5.91 Å². The summed E-state index contributed by atoms with van der Waals surface area (Å²) in [6, 6.07) is 0. The van der Waals surface area contributed by atoms with E-state index in [-0.39, 0.29) is 0 Å². The summed E-state index contributed by atoms with van der Waals surface area (Å²) in [6.45, 7) is 11.5. The van der Waals surface area contributed by atoms with E-state index >= 15 is 0 Å². The molecule has 1 amide bonds. The molecule has 0 unspecified atom stereocenters. The molecule has 0 aliphatic carbocycles. The maximum absolute atomic E-state index is 12.4. The molecule has 1 fully saturated rings. The monoisotopic (exact) mass is 282 g/mol. The second-order valence-electron chi connectivity index (χ2n) is 7.02. The van der Waals surface area contributed by atoms with Crippen molar-refractivity contribution in [2.45, 2.75) is 66.2 Å². The van der Waals surface area contributed by atoms with Gasteiger partial charge in [-0.2, -0.15) is 0 Å². The minimum atomic E-state index is 0.321. The molecule has 1 atom stereocenters. The van der Waals surface area contributed by atoms with Gasteiger partial charge in [-0.25, -0.2) is 0 Å². The average Bonchev–Trinajstić information content (AvgIpc) is 2.46. The van der Waals surface area contributed by atoms with Gasteiger partial charge >= 0.3 is 0 Å². The molecule has 1 saturated heterocycles. The zero-order valence-corrected chi connectivity index (χ0v) is 14.0. The summed E-state index contributed by atoms with van der Waals surface area (Å²) in [5.41, 5.74) is 6.30. The molecule has 0 aromatic carbocycles. The van der Waals surface area contributed by atoms with E-state index < -0.39 is 0 Å².